The maximum atomic E-state index is 11.2. The predicted octanol–water partition coefficient (Wildman–Crippen LogP) is 2.19. The Kier molecular flexibility index (Phi) is 2.34. The predicted molar refractivity (Wildman–Crippen MR) is 61.2 cm³/mol. The lowest BCUT2D eigenvalue weighted by Gasteiger charge is -2.02. The van der Waals surface area contributed by atoms with Crippen molar-refractivity contribution in [1.29, 1.82) is 0 Å². The van der Waals surface area contributed by atoms with Gasteiger partial charge in [-0.1, -0.05) is 6.07 Å². The smallest absolute Gasteiger partial charge is 0.338 e. The van der Waals surface area contributed by atoms with Crippen LogP contribution in [-0.2, 0) is 7.05 Å². The summed E-state index contributed by atoms with van der Waals surface area (Å²) in [6, 6.07) is 5.51. The SMILES string of the molecule is COc1cccc2c1c(C(=O)O)c(C)n2C. The number of aromatic carboxylic acids is 1. The van der Waals surface area contributed by atoms with Gasteiger partial charge in [0.25, 0.3) is 0 Å². The minimum atomic E-state index is -0.924. The van der Waals surface area contributed by atoms with E-state index in [1.54, 1.807) is 20.1 Å². The summed E-state index contributed by atoms with van der Waals surface area (Å²) in [5.74, 6) is -0.328. The second-order valence-electron chi connectivity index (χ2n) is 3.68. The summed E-state index contributed by atoms with van der Waals surface area (Å²) in [5.41, 5.74) is 1.91. The maximum Gasteiger partial charge on any atom is 0.338 e. The minimum absolute atomic E-state index is 0.315. The fourth-order valence-electron chi connectivity index (χ4n) is 2.01. The number of carbonyl (C=O) groups is 1. The van der Waals surface area contributed by atoms with E-state index < -0.39 is 5.97 Å². The van der Waals surface area contributed by atoms with E-state index in [0.29, 0.717) is 16.7 Å². The number of ether oxygens (including phenoxy) is 1. The number of aryl methyl sites for hydroxylation is 1. The number of carboxylic acid groups (broad SMARTS) is 1. The van der Waals surface area contributed by atoms with Crippen LogP contribution in [0.2, 0.25) is 0 Å². The number of carboxylic acids is 1. The van der Waals surface area contributed by atoms with Gasteiger partial charge in [-0.25, -0.2) is 4.79 Å². The summed E-state index contributed by atoms with van der Waals surface area (Å²) in [7, 11) is 3.40. The Morgan fingerprint density at radius 2 is 2.12 bits per heavy atom. The molecule has 0 radical (unpaired) electrons. The molecular formula is C12H13NO3. The molecule has 16 heavy (non-hydrogen) atoms. The van der Waals surface area contributed by atoms with Gasteiger partial charge in [0, 0.05) is 12.7 Å². The van der Waals surface area contributed by atoms with Gasteiger partial charge in [-0.05, 0) is 19.1 Å². The second kappa shape index (κ2) is 3.56. The third-order valence-electron chi connectivity index (χ3n) is 2.91. The number of methoxy groups -OCH3 is 1. The van der Waals surface area contributed by atoms with Gasteiger partial charge in [-0.3, -0.25) is 0 Å². The number of nitrogens with zero attached hydrogens (tertiary/aromatic N) is 1. The molecule has 0 aliphatic heterocycles. The van der Waals surface area contributed by atoms with Crippen molar-refractivity contribution in [2.24, 2.45) is 7.05 Å². The lowest BCUT2D eigenvalue weighted by molar-refractivity contribution is 0.0698. The van der Waals surface area contributed by atoms with Crippen LogP contribution in [0.15, 0.2) is 18.2 Å². The van der Waals surface area contributed by atoms with E-state index in [1.165, 1.54) is 0 Å². The van der Waals surface area contributed by atoms with Crippen LogP contribution in [-0.4, -0.2) is 22.8 Å². The van der Waals surface area contributed by atoms with Crippen LogP contribution >= 0.6 is 0 Å². The molecule has 0 amide bonds. The Morgan fingerprint density at radius 3 is 2.69 bits per heavy atom. The largest absolute Gasteiger partial charge is 0.496 e. The molecule has 1 aromatic carbocycles. The van der Waals surface area contributed by atoms with Crippen LogP contribution in [0.5, 0.6) is 5.75 Å². The average Bonchev–Trinajstić information content (AvgIpc) is 2.52. The van der Waals surface area contributed by atoms with Crippen LogP contribution in [0.3, 0.4) is 0 Å². The molecule has 0 unspecified atom stereocenters. The molecule has 1 aromatic heterocycles. The third-order valence-corrected chi connectivity index (χ3v) is 2.91. The average molecular weight is 219 g/mol. The first-order chi connectivity index (χ1) is 7.57. The number of rotatable bonds is 2. The molecule has 0 bridgehead atoms. The molecule has 0 spiro atoms. The summed E-state index contributed by atoms with van der Waals surface area (Å²) >= 11 is 0. The fraction of sp³-hybridized carbons (Fsp3) is 0.250. The number of aromatic nitrogens is 1. The Hall–Kier alpha value is -1.97. The van der Waals surface area contributed by atoms with E-state index in [0.717, 1.165) is 11.2 Å². The van der Waals surface area contributed by atoms with Crippen LogP contribution in [0.25, 0.3) is 10.9 Å². The van der Waals surface area contributed by atoms with Gasteiger partial charge in [-0.2, -0.15) is 0 Å². The van der Waals surface area contributed by atoms with Crippen LogP contribution in [0.4, 0.5) is 0 Å². The van der Waals surface area contributed by atoms with Crippen LogP contribution in [0.1, 0.15) is 16.1 Å². The van der Waals surface area contributed by atoms with Crippen molar-refractivity contribution in [2.75, 3.05) is 7.11 Å². The topological polar surface area (TPSA) is 51.5 Å². The minimum Gasteiger partial charge on any atom is -0.496 e. The first kappa shape index (κ1) is 10.5. The Labute approximate surface area is 93.1 Å². The monoisotopic (exact) mass is 219 g/mol. The molecule has 0 aliphatic rings. The van der Waals surface area contributed by atoms with Crippen molar-refractivity contribution in [3.05, 3.63) is 29.5 Å². The summed E-state index contributed by atoms with van der Waals surface area (Å²) < 4.78 is 7.07. The van der Waals surface area contributed by atoms with Gasteiger partial charge in [0.15, 0.2) is 0 Å². The van der Waals surface area contributed by atoms with Gasteiger partial charge in [0.2, 0.25) is 0 Å². The molecule has 0 saturated heterocycles. The van der Waals surface area contributed by atoms with Gasteiger partial charge in [-0.15, -0.1) is 0 Å². The molecule has 2 rings (SSSR count). The van der Waals surface area contributed by atoms with Crippen molar-refractivity contribution >= 4 is 16.9 Å². The van der Waals surface area contributed by atoms with Crippen molar-refractivity contribution in [3.63, 3.8) is 0 Å². The quantitative estimate of drug-likeness (QED) is 0.842. The van der Waals surface area contributed by atoms with Crippen LogP contribution < -0.4 is 4.74 Å². The zero-order chi connectivity index (χ0) is 11.9. The molecular weight excluding hydrogens is 206 g/mol. The Morgan fingerprint density at radius 1 is 1.44 bits per heavy atom. The van der Waals surface area contributed by atoms with Crippen molar-refractivity contribution < 1.29 is 14.6 Å². The number of hydrogen-bond donors (Lipinski definition) is 1. The normalized spacial score (nSPS) is 10.7. The van der Waals surface area contributed by atoms with E-state index in [1.807, 2.05) is 23.7 Å². The molecule has 84 valence electrons. The van der Waals surface area contributed by atoms with E-state index in [-0.39, 0.29) is 0 Å². The number of fused-ring (bicyclic) bond motifs is 1. The maximum absolute atomic E-state index is 11.2. The van der Waals surface area contributed by atoms with Gasteiger partial charge < -0.3 is 14.4 Å². The van der Waals surface area contributed by atoms with Crippen LogP contribution in [0, 0.1) is 6.92 Å². The van der Waals surface area contributed by atoms with Crippen molar-refractivity contribution in [2.45, 2.75) is 6.92 Å². The first-order valence-electron chi connectivity index (χ1n) is 4.93. The van der Waals surface area contributed by atoms with E-state index in [4.69, 9.17) is 4.74 Å². The molecule has 1 heterocycles. The fourth-order valence-corrected chi connectivity index (χ4v) is 2.01. The van der Waals surface area contributed by atoms with Crippen molar-refractivity contribution in [1.82, 2.24) is 4.57 Å². The molecule has 4 heteroatoms. The summed E-state index contributed by atoms with van der Waals surface area (Å²) in [5, 5.41) is 9.89. The van der Waals surface area contributed by atoms with E-state index >= 15 is 0 Å². The zero-order valence-corrected chi connectivity index (χ0v) is 9.44. The molecule has 0 saturated carbocycles. The summed E-state index contributed by atoms with van der Waals surface area (Å²) in [6.07, 6.45) is 0. The molecule has 4 nitrogen and oxygen atoms in total. The standard InChI is InChI=1S/C12H13NO3/c1-7-10(12(14)15)11-8(13(7)2)5-4-6-9(11)16-3/h4-6H,1-3H3,(H,14,15). The van der Waals surface area contributed by atoms with Crippen molar-refractivity contribution in [3.8, 4) is 5.75 Å². The highest BCUT2D eigenvalue weighted by atomic mass is 16.5. The summed E-state index contributed by atoms with van der Waals surface area (Å²) in [4.78, 5) is 11.2. The second-order valence-corrected chi connectivity index (χ2v) is 3.68. The Bertz CT molecular complexity index is 569. The van der Waals surface area contributed by atoms with Gasteiger partial charge >= 0.3 is 5.97 Å². The van der Waals surface area contributed by atoms with Gasteiger partial charge in [0.05, 0.1) is 23.6 Å². The Balaban J connectivity index is 2.97. The molecule has 0 atom stereocenters. The van der Waals surface area contributed by atoms with E-state index in [9.17, 15) is 9.90 Å². The number of benzene rings is 1. The van der Waals surface area contributed by atoms with Gasteiger partial charge in [0.1, 0.15) is 5.75 Å². The molecule has 0 aliphatic carbocycles. The summed E-state index contributed by atoms with van der Waals surface area (Å²) in [6.45, 7) is 1.79. The lowest BCUT2D eigenvalue weighted by atomic mass is 10.1. The molecule has 2 aromatic rings. The third kappa shape index (κ3) is 1.26. The number of hydrogen-bond acceptors (Lipinski definition) is 2. The zero-order valence-electron chi connectivity index (χ0n) is 9.44. The highest BCUT2D eigenvalue weighted by Gasteiger charge is 2.20. The molecule has 0 fully saturated rings. The molecule has 1 N–H and O–H groups in total. The highest BCUT2D eigenvalue weighted by Crippen LogP contribution is 2.32. The van der Waals surface area contributed by atoms with E-state index in [2.05, 4.69) is 0 Å². The first-order valence-corrected chi connectivity index (χ1v) is 4.93. The highest BCUT2D eigenvalue weighted by molar-refractivity contribution is 6.07. The lowest BCUT2D eigenvalue weighted by Crippen LogP contribution is -2.00.